The van der Waals surface area contributed by atoms with Crippen LogP contribution >= 0.6 is 0 Å². The number of hydrogen-bond acceptors (Lipinski definition) is 2. The van der Waals surface area contributed by atoms with Crippen LogP contribution in [0.5, 0.6) is 0 Å². The fourth-order valence-electron chi connectivity index (χ4n) is 1.12. The molecule has 0 unspecified atom stereocenters. The first-order chi connectivity index (χ1) is 6.63. The highest BCUT2D eigenvalue weighted by molar-refractivity contribution is 5.89. The normalized spacial score (nSPS) is 8.79. The molecule has 0 heterocycles. The lowest BCUT2D eigenvalue weighted by atomic mass is 10.1. The fraction of sp³-hybridized carbons (Fsp3) is 0.250. The molecule has 0 spiro atoms. The summed E-state index contributed by atoms with van der Waals surface area (Å²) < 4.78 is 4.42. The van der Waals surface area contributed by atoms with Gasteiger partial charge in [0.2, 0.25) is 0 Å². The number of rotatable bonds is 0. The highest BCUT2D eigenvalue weighted by Gasteiger charge is 1.95. The largest absolute Gasteiger partial charge is 0.459 e. The van der Waals surface area contributed by atoms with Crippen LogP contribution in [0, 0.1) is 25.7 Å². The molecule has 0 N–H and O–H groups in total. The third-order valence-electron chi connectivity index (χ3n) is 1.87. The molecule has 0 radical (unpaired) electrons. The molecule has 1 aromatic carbocycles. The van der Waals surface area contributed by atoms with Gasteiger partial charge >= 0.3 is 5.97 Å². The summed E-state index contributed by atoms with van der Waals surface area (Å²) in [4.78, 5) is 10.8. The predicted molar refractivity (Wildman–Crippen MR) is 54.8 cm³/mol. The van der Waals surface area contributed by atoms with Crippen molar-refractivity contribution in [2.45, 2.75) is 13.8 Å². The molecule has 72 valence electrons. The van der Waals surface area contributed by atoms with Crippen molar-refractivity contribution in [3.63, 3.8) is 0 Å². The summed E-state index contributed by atoms with van der Waals surface area (Å²) in [6, 6.07) is 5.90. The van der Waals surface area contributed by atoms with E-state index < -0.39 is 5.97 Å². The van der Waals surface area contributed by atoms with Gasteiger partial charge < -0.3 is 4.74 Å². The van der Waals surface area contributed by atoms with Crippen molar-refractivity contribution in [2.75, 3.05) is 7.11 Å². The van der Waals surface area contributed by atoms with E-state index in [-0.39, 0.29) is 0 Å². The van der Waals surface area contributed by atoms with Crippen LogP contribution < -0.4 is 0 Å². The average Bonchev–Trinajstić information content (AvgIpc) is 2.16. The SMILES string of the molecule is COC(=O)C#Cc1ccc(C)cc1C. The molecule has 0 fully saturated rings. The first kappa shape index (κ1) is 10.3. The zero-order chi connectivity index (χ0) is 10.6. The summed E-state index contributed by atoms with van der Waals surface area (Å²) in [6.07, 6.45) is 0. The molecule has 0 amide bonds. The first-order valence-corrected chi connectivity index (χ1v) is 4.30. The fourth-order valence-corrected chi connectivity index (χ4v) is 1.12. The average molecular weight is 188 g/mol. The van der Waals surface area contributed by atoms with E-state index >= 15 is 0 Å². The number of methoxy groups -OCH3 is 1. The molecule has 1 aromatic rings. The molecule has 0 saturated carbocycles. The van der Waals surface area contributed by atoms with Gasteiger partial charge in [0.25, 0.3) is 0 Å². The second-order valence-electron chi connectivity index (χ2n) is 3.06. The van der Waals surface area contributed by atoms with E-state index in [0.717, 1.165) is 11.1 Å². The number of hydrogen-bond donors (Lipinski definition) is 0. The van der Waals surface area contributed by atoms with Gasteiger partial charge in [0.15, 0.2) is 0 Å². The molecule has 0 bridgehead atoms. The highest BCUT2D eigenvalue weighted by atomic mass is 16.5. The monoisotopic (exact) mass is 188 g/mol. The Labute approximate surface area is 83.9 Å². The second kappa shape index (κ2) is 4.48. The zero-order valence-electron chi connectivity index (χ0n) is 8.55. The van der Waals surface area contributed by atoms with Crippen molar-refractivity contribution in [3.8, 4) is 11.8 Å². The number of carbonyl (C=O) groups is 1. The topological polar surface area (TPSA) is 26.3 Å². The van der Waals surface area contributed by atoms with Crippen LogP contribution in [0.1, 0.15) is 16.7 Å². The molecule has 0 aliphatic carbocycles. The lowest BCUT2D eigenvalue weighted by Crippen LogP contribution is -1.94. The van der Waals surface area contributed by atoms with E-state index in [1.54, 1.807) is 0 Å². The Morgan fingerprint density at radius 1 is 1.36 bits per heavy atom. The van der Waals surface area contributed by atoms with Crippen LogP contribution in [-0.2, 0) is 9.53 Å². The minimum atomic E-state index is -0.509. The van der Waals surface area contributed by atoms with Crippen LogP contribution in [-0.4, -0.2) is 13.1 Å². The van der Waals surface area contributed by atoms with Crippen molar-refractivity contribution in [1.29, 1.82) is 0 Å². The molecule has 0 aliphatic rings. The first-order valence-electron chi connectivity index (χ1n) is 4.30. The Balaban J connectivity index is 2.96. The number of benzene rings is 1. The van der Waals surface area contributed by atoms with Gasteiger partial charge in [0.05, 0.1) is 7.11 Å². The predicted octanol–water partition coefficient (Wildman–Crippen LogP) is 1.83. The molecular weight excluding hydrogens is 176 g/mol. The van der Waals surface area contributed by atoms with Crippen molar-refractivity contribution < 1.29 is 9.53 Å². The van der Waals surface area contributed by atoms with Crippen molar-refractivity contribution >= 4 is 5.97 Å². The summed E-state index contributed by atoms with van der Waals surface area (Å²) in [5.41, 5.74) is 3.12. The summed E-state index contributed by atoms with van der Waals surface area (Å²) in [5, 5.41) is 0. The Hall–Kier alpha value is -1.75. The summed E-state index contributed by atoms with van der Waals surface area (Å²) >= 11 is 0. The van der Waals surface area contributed by atoms with E-state index in [1.807, 2.05) is 32.0 Å². The molecule has 0 aromatic heterocycles. The van der Waals surface area contributed by atoms with Crippen LogP contribution in [0.3, 0.4) is 0 Å². The van der Waals surface area contributed by atoms with Crippen molar-refractivity contribution in [3.05, 3.63) is 34.9 Å². The third kappa shape index (κ3) is 2.63. The smallest absolute Gasteiger partial charge is 0.384 e. The van der Waals surface area contributed by atoms with Gasteiger partial charge in [0, 0.05) is 11.5 Å². The van der Waals surface area contributed by atoms with Crippen LogP contribution in [0.15, 0.2) is 18.2 Å². The molecule has 14 heavy (non-hydrogen) atoms. The molecule has 0 aliphatic heterocycles. The summed E-state index contributed by atoms with van der Waals surface area (Å²) in [6.45, 7) is 3.98. The van der Waals surface area contributed by atoms with E-state index in [0.29, 0.717) is 0 Å². The molecule has 0 atom stereocenters. The lowest BCUT2D eigenvalue weighted by Gasteiger charge is -1.98. The maximum absolute atomic E-state index is 10.8. The zero-order valence-corrected chi connectivity index (χ0v) is 8.55. The molecule has 1 rings (SSSR count). The number of carbonyl (C=O) groups excluding carboxylic acids is 1. The standard InChI is InChI=1S/C12H12O2/c1-9-4-5-11(10(2)8-9)6-7-12(13)14-3/h4-5,8H,1-3H3. The maximum Gasteiger partial charge on any atom is 0.384 e. The van der Waals surface area contributed by atoms with Gasteiger partial charge in [0.1, 0.15) is 0 Å². The van der Waals surface area contributed by atoms with Crippen molar-refractivity contribution in [1.82, 2.24) is 0 Å². The minimum absolute atomic E-state index is 0.509. The Morgan fingerprint density at radius 3 is 2.64 bits per heavy atom. The van der Waals surface area contributed by atoms with Crippen molar-refractivity contribution in [2.24, 2.45) is 0 Å². The maximum atomic E-state index is 10.8. The molecule has 2 heteroatoms. The highest BCUT2D eigenvalue weighted by Crippen LogP contribution is 2.08. The molecular formula is C12H12O2. The van der Waals surface area contributed by atoms with E-state index in [2.05, 4.69) is 16.6 Å². The van der Waals surface area contributed by atoms with Crippen LogP contribution in [0.25, 0.3) is 0 Å². The third-order valence-corrected chi connectivity index (χ3v) is 1.87. The Morgan fingerprint density at radius 2 is 2.07 bits per heavy atom. The number of esters is 1. The minimum Gasteiger partial charge on any atom is -0.459 e. The van der Waals surface area contributed by atoms with Gasteiger partial charge in [-0.1, -0.05) is 23.6 Å². The molecule has 0 saturated heterocycles. The van der Waals surface area contributed by atoms with E-state index in [4.69, 9.17) is 0 Å². The van der Waals surface area contributed by atoms with E-state index in [9.17, 15) is 4.79 Å². The summed E-state index contributed by atoms with van der Waals surface area (Å²) in [5.74, 6) is 4.65. The van der Waals surface area contributed by atoms with Crippen LogP contribution in [0.4, 0.5) is 0 Å². The lowest BCUT2D eigenvalue weighted by molar-refractivity contribution is -0.133. The van der Waals surface area contributed by atoms with Gasteiger partial charge in [-0.25, -0.2) is 4.79 Å². The number of ether oxygens (including phenoxy) is 1. The quantitative estimate of drug-likeness (QED) is 0.458. The Bertz CT molecular complexity index is 408. The van der Waals surface area contributed by atoms with Gasteiger partial charge in [-0.15, -0.1) is 0 Å². The van der Waals surface area contributed by atoms with Gasteiger partial charge in [-0.05, 0) is 25.5 Å². The second-order valence-corrected chi connectivity index (χ2v) is 3.06. The molecule has 2 nitrogen and oxygen atoms in total. The summed E-state index contributed by atoms with van der Waals surface area (Å²) in [7, 11) is 1.32. The van der Waals surface area contributed by atoms with Crippen LogP contribution in [0.2, 0.25) is 0 Å². The number of aryl methyl sites for hydroxylation is 2. The van der Waals surface area contributed by atoms with Gasteiger partial charge in [-0.3, -0.25) is 0 Å². The van der Waals surface area contributed by atoms with Gasteiger partial charge in [-0.2, -0.15) is 0 Å². The Kier molecular flexibility index (Phi) is 3.30. The van der Waals surface area contributed by atoms with E-state index in [1.165, 1.54) is 12.7 Å².